The molecule has 3 rings (SSSR count). The van der Waals surface area contributed by atoms with Gasteiger partial charge in [0, 0.05) is 16.4 Å². The summed E-state index contributed by atoms with van der Waals surface area (Å²) in [6, 6.07) is 17.9. The summed E-state index contributed by atoms with van der Waals surface area (Å²) in [7, 11) is 0. The molecule has 21 heavy (non-hydrogen) atoms. The molecule has 0 aliphatic heterocycles. The van der Waals surface area contributed by atoms with Crippen LogP contribution in [0.1, 0.15) is 11.5 Å². The van der Waals surface area contributed by atoms with Gasteiger partial charge in [-0.2, -0.15) is 0 Å². The first-order chi connectivity index (χ1) is 10.2. The van der Waals surface area contributed by atoms with Gasteiger partial charge in [0.1, 0.15) is 5.82 Å². The minimum atomic E-state index is 0.706. The molecule has 1 aromatic heterocycles. The van der Waals surface area contributed by atoms with E-state index >= 15 is 0 Å². The van der Waals surface area contributed by atoms with E-state index in [9.17, 15) is 0 Å². The highest BCUT2D eigenvalue weighted by atomic mass is 35.5. The largest absolute Gasteiger partial charge is 0.379 e. The van der Waals surface area contributed by atoms with Crippen molar-refractivity contribution in [2.75, 3.05) is 5.32 Å². The Kier molecular flexibility index (Phi) is 3.93. The van der Waals surface area contributed by atoms with Gasteiger partial charge in [-0.3, -0.25) is 4.57 Å². The van der Waals surface area contributed by atoms with E-state index in [0.29, 0.717) is 6.54 Å². The van der Waals surface area contributed by atoms with Crippen molar-refractivity contribution in [2.24, 2.45) is 0 Å². The molecule has 0 radical (unpaired) electrons. The Morgan fingerprint density at radius 1 is 1.05 bits per heavy atom. The highest BCUT2D eigenvalue weighted by Gasteiger charge is 2.08. The molecule has 0 fully saturated rings. The van der Waals surface area contributed by atoms with Crippen molar-refractivity contribution in [1.29, 1.82) is 0 Å². The molecule has 0 aliphatic carbocycles. The fourth-order valence-corrected chi connectivity index (χ4v) is 2.43. The molecule has 2 aromatic carbocycles. The number of halogens is 1. The predicted molar refractivity (Wildman–Crippen MR) is 87.1 cm³/mol. The van der Waals surface area contributed by atoms with Gasteiger partial charge in [-0.1, -0.05) is 29.8 Å². The third-order valence-corrected chi connectivity index (χ3v) is 3.60. The first-order valence-corrected chi connectivity index (χ1v) is 7.20. The number of nitrogens with one attached hydrogen (secondary N) is 1. The third kappa shape index (κ3) is 3.09. The Morgan fingerprint density at radius 2 is 1.76 bits per heavy atom. The van der Waals surface area contributed by atoms with Crippen LogP contribution in [-0.2, 0) is 6.54 Å². The maximum atomic E-state index is 5.90. The van der Waals surface area contributed by atoms with Crippen LogP contribution in [0.2, 0.25) is 5.02 Å². The van der Waals surface area contributed by atoms with Crippen LogP contribution < -0.4 is 5.32 Å². The van der Waals surface area contributed by atoms with Gasteiger partial charge >= 0.3 is 0 Å². The fraction of sp³-hybridized carbons (Fsp3) is 0.118. The van der Waals surface area contributed by atoms with Crippen molar-refractivity contribution in [3.05, 3.63) is 77.3 Å². The number of nitrogens with zero attached hydrogens (tertiary/aromatic N) is 2. The molecule has 0 amide bonds. The van der Waals surface area contributed by atoms with E-state index in [4.69, 9.17) is 11.6 Å². The summed E-state index contributed by atoms with van der Waals surface area (Å²) in [5.74, 6) is 0.981. The summed E-state index contributed by atoms with van der Waals surface area (Å²) >= 11 is 5.90. The van der Waals surface area contributed by atoms with Gasteiger partial charge in [-0.05, 0) is 43.3 Å². The SMILES string of the molecule is Cc1ncc(CNc2ccc(Cl)cc2)n1-c1ccccc1. The van der Waals surface area contributed by atoms with Crippen LogP contribution in [0.25, 0.3) is 5.69 Å². The van der Waals surface area contributed by atoms with Crippen LogP contribution in [0.5, 0.6) is 0 Å². The second-order valence-electron chi connectivity index (χ2n) is 4.83. The van der Waals surface area contributed by atoms with Crippen LogP contribution >= 0.6 is 11.6 Å². The quantitative estimate of drug-likeness (QED) is 0.771. The van der Waals surface area contributed by atoms with Crippen LogP contribution in [-0.4, -0.2) is 9.55 Å². The zero-order valence-electron chi connectivity index (χ0n) is 11.8. The van der Waals surface area contributed by atoms with E-state index < -0.39 is 0 Å². The number of aromatic nitrogens is 2. The Morgan fingerprint density at radius 3 is 2.48 bits per heavy atom. The summed E-state index contributed by atoms with van der Waals surface area (Å²) < 4.78 is 2.16. The Labute approximate surface area is 129 Å². The number of anilines is 1. The van der Waals surface area contributed by atoms with Crippen molar-refractivity contribution in [1.82, 2.24) is 9.55 Å². The first kappa shape index (κ1) is 13.7. The molecule has 0 saturated carbocycles. The normalized spacial score (nSPS) is 10.6. The lowest BCUT2D eigenvalue weighted by Crippen LogP contribution is -2.07. The number of hydrogen-bond donors (Lipinski definition) is 1. The molecule has 1 heterocycles. The fourth-order valence-electron chi connectivity index (χ4n) is 2.31. The summed E-state index contributed by atoms with van der Waals surface area (Å²) in [6.45, 7) is 2.72. The molecular formula is C17H16ClN3. The van der Waals surface area contributed by atoms with Crippen molar-refractivity contribution >= 4 is 17.3 Å². The Hall–Kier alpha value is -2.26. The lowest BCUT2D eigenvalue weighted by molar-refractivity contribution is 0.900. The number of para-hydroxylation sites is 1. The Bertz CT molecular complexity index is 718. The molecule has 3 nitrogen and oxygen atoms in total. The van der Waals surface area contributed by atoms with E-state index in [-0.39, 0.29) is 0 Å². The first-order valence-electron chi connectivity index (χ1n) is 6.82. The lowest BCUT2D eigenvalue weighted by Gasteiger charge is -2.12. The number of aryl methyl sites for hydroxylation is 1. The Balaban J connectivity index is 1.82. The van der Waals surface area contributed by atoms with Gasteiger partial charge in [0.15, 0.2) is 0 Å². The van der Waals surface area contributed by atoms with Crippen LogP contribution in [0, 0.1) is 6.92 Å². The second kappa shape index (κ2) is 6.02. The van der Waals surface area contributed by atoms with Gasteiger partial charge in [0.2, 0.25) is 0 Å². The van der Waals surface area contributed by atoms with Crippen LogP contribution in [0.4, 0.5) is 5.69 Å². The minimum Gasteiger partial charge on any atom is -0.379 e. The van der Waals surface area contributed by atoms with Gasteiger partial charge in [-0.25, -0.2) is 4.98 Å². The summed E-state index contributed by atoms with van der Waals surface area (Å²) in [6.07, 6.45) is 1.91. The molecule has 0 aliphatic rings. The highest BCUT2D eigenvalue weighted by Crippen LogP contribution is 2.17. The van der Waals surface area contributed by atoms with E-state index in [2.05, 4.69) is 27.0 Å². The molecule has 0 atom stereocenters. The van der Waals surface area contributed by atoms with Gasteiger partial charge < -0.3 is 5.32 Å². The van der Waals surface area contributed by atoms with Crippen LogP contribution in [0.15, 0.2) is 60.8 Å². The molecule has 0 unspecified atom stereocenters. The maximum Gasteiger partial charge on any atom is 0.110 e. The summed E-state index contributed by atoms with van der Waals surface area (Å²) in [5, 5.41) is 4.13. The van der Waals surface area contributed by atoms with Gasteiger partial charge in [0.25, 0.3) is 0 Å². The van der Waals surface area contributed by atoms with Crippen molar-refractivity contribution < 1.29 is 0 Å². The minimum absolute atomic E-state index is 0.706. The zero-order valence-corrected chi connectivity index (χ0v) is 12.5. The van der Waals surface area contributed by atoms with E-state index in [1.54, 1.807) is 0 Å². The van der Waals surface area contributed by atoms with E-state index in [1.165, 1.54) is 0 Å². The standard InChI is InChI=1S/C17H16ClN3/c1-13-19-11-17(21(13)16-5-3-2-4-6-16)12-20-15-9-7-14(18)8-10-15/h2-11,20H,12H2,1H3. The van der Waals surface area contributed by atoms with E-state index in [0.717, 1.165) is 27.9 Å². The van der Waals surface area contributed by atoms with Crippen molar-refractivity contribution in [3.63, 3.8) is 0 Å². The number of rotatable bonds is 4. The predicted octanol–water partition coefficient (Wildman–Crippen LogP) is 4.45. The van der Waals surface area contributed by atoms with Crippen molar-refractivity contribution in [2.45, 2.75) is 13.5 Å². The smallest absolute Gasteiger partial charge is 0.110 e. The highest BCUT2D eigenvalue weighted by molar-refractivity contribution is 6.30. The topological polar surface area (TPSA) is 29.9 Å². The molecular weight excluding hydrogens is 282 g/mol. The molecule has 0 spiro atoms. The van der Waals surface area contributed by atoms with Gasteiger partial charge in [0.05, 0.1) is 18.4 Å². The zero-order chi connectivity index (χ0) is 14.7. The molecule has 0 bridgehead atoms. The summed E-state index contributed by atoms with van der Waals surface area (Å²) in [5.41, 5.74) is 3.28. The lowest BCUT2D eigenvalue weighted by atomic mass is 10.3. The third-order valence-electron chi connectivity index (χ3n) is 3.34. The maximum absolute atomic E-state index is 5.90. The second-order valence-corrected chi connectivity index (χ2v) is 5.26. The van der Waals surface area contributed by atoms with Crippen LogP contribution in [0.3, 0.4) is 0 Å². The van der Waals surface area contributed by atoms with Crippen molar-refractivity contribution in [3.8, 4) is 5.69 Å². The molecule has 3 aromatic rings. The molecule has 4 heteroatoms. The number of hydrogen-bond acceptors (Lipinski definition) is 2. The number of benzene rings is 2. The van der Waals surface area contributed by atoms with E-state index in [1.807, 2.05) is 55.6 Å². The number of imidazole rings is 1. The van der Waals surface area contributed by atoms with Gasteiger partial charge in [-0.15, -0.1) is 0 Å². The molecule has 106 valence electrons. The summed E-state index contributed by atoms with van der Waals surface area (Å²) in [4.78, 5) is 4.42. The average Bonchev–Trinajstić information content (AvgIpc) is 2.88. The molecule has 0 saturated heterocycles. The average molecular weight is 298 g/mol. The monoisotopic (exact) mass is 297 g/mol. The molecule has 1 N–H and O–H groups in total.